The summed E-state index contributed by atoms with van der Waals surface area (Å²) in [4.78, 5) is 11.3. The van der Waals surface area contributed by atoms with Crippen molar-refractivity contribution in [3.8, 4) is 0 Å². The zero-order valence-corrected chi connectivity index (χ0v) is 8.40. The first-order valence-corrected chi connectivity index (χ1v) is 4.85. The molecule has 0 aliphatic heterocycles. The Balaban J connectivity index is 2.12. The molecule has 5 heteroatoms. The lowest BCUT2D eigenvalue weighted by molar-refractivity contribution is -0.123. The van der Waals surface area contributed by atoms with Gasteiger partial charge in [0.2, 0.25) is 5.91 Å². The predicted molar refractivity (Wildman–Crippen MR) is 51.6 cm³/mol. The average Bonchev–Trinajstić information content (AvgIpc) is 2.97. The summed E-state index contributed by atoms with van der Waals surface area (Å²) in [5.41, 5.74) is 5.49. The minimum absolute atomic E-state index is 0.200. The third-order valence-electron chi connectivity index (χ3n) is 2.33. The highest BCUT2D eigenvalue weighted by atomic mass is 16.5. The number of hydrogen-bond acceptors (Lipinski definition) is 4. The lowest BCUT2D eigenvalue weighted by Gasteiger charge is -2.14. The van der Waals surface area contributed by atoms with Crippen molar-refractivity contribution < 1.29 is 14.6 Å². The molecule has 1 fully saturated rings. The molecule has 0 saturated heterocycles. The fourth-order valence-corrected chi connectivity index (χ4v) is 1.24. The number of carbonyl (C=O) groups excluding carboxylic acids is 1. The Labute approximate surface area is 83.6 Å². The highest BCUT2D eigenvalue weighted by Crippen LogP contribution is 2.32. The van der Waals surface area contributed by atoms with Gasteiger partial charge in [-0.25, -0.2) is 0 Å². The Bertz CT molecular complexity index is 194. The molecule has 1 saturated carbocycles. The van der Waals surface area contributed by atoms with Crippen LogP contribution in [0.2, 0.25) is 0 Å². The van der Waals surface area contributed by atoms with Gasteiger partial charge in [-0.2, -0.15) is 0 Å². The van der Waals surface area contributed by atoms with Gasteiger partial charge >= 0.3 is 0 Å². The topological polar surface area (TPSA) is 84.6 Å². The van der Waals surface area contributed by atoms with Crippen LogP contribution < -0.4 is 11.1 Å². The Morgan fingerprint density at radius 2 is 2.36 bits per heavy atom. The summed E-state index contributed by atoms with van der Waals surface area (Å²) in [6, 6.07) is -0.647. The molecular weight excluding hydrogens is 184 g/mol. The van der Waals surface area contributed by atoms with E-state index in [9.17, 15) is 9.90 Å². The molecule has 0 spiro atoms. The molecule has 5 nitrogen and oxygen atoms in total. The van der Waals surface area contributed by atoms with E-state index in [-0.39, 0.29) is 12.5 Å². The molecule has 2 atom stereocenters. The maximum atomic E-state index is 11.3. The van der Waals surface area contributed by atoms with E-state index in [0.717, 1.165) is 12.8 Å². The SMILES string of the molecule is COCC(N)C(=O)NCC(O)C1CC1. The molecule has 2 unspecified atom stereocenters. The van der Waals surface area contributed by atoms with Crippen molar-refractivity contribution in [3.63, 3.8) is 0 Å². The minimum atomic E-state index is -0.647. The number of aliphatic hydroxyl groups is 1. The van der Waals surface area contributed by atoms with Gasteiger partial charge in [0.05, 0.1) is 12.7 Å². The number of nitrogens with two attached hydrogens (primary N) is 1. The lowest BCUT2D eigenvalue weighted by atomic mass is 10.2. The highest BCUT2D eigenvalue weighted by molar-refractivity contribution is 5.81. The van der Waals surface area contributed by atoms with Gasteiger partial charge in [0, 0.05) is 13.7 Å². The van der Waals surface area contributed by atoms with E-state index >= 15 is 0 Å². The van der Waals surface area contributed by atoms with Gasteiger partial charge in [0.15, 0.2) is 0 Å². The van der Waals surface area contributed by atoms with Crippen LogP contribution in [0.25, 0.3) is 0 Å². The third-order valence-corrected chi connectivity index (χ3v) is 2.33. The van der Waals surface area contributed by atoms with Crippen LogP contribution in [0, 0.1) is 5.92 Å². The molecule has 1 rings (SSSR count). The molecule has 0 bridgehead atoms. The highest BCUT2D eigenvalue weighted by Gasteiger charge is 2.29. The van der Waals surface area contributed by atoms with Crippen molar-refractivity contribution in [2.75, 3.05) is 20.3 Å². The van der Waals surface area contributed by atoms with Crippen molar-refractivity contribution in [1.82, 2.24) is 5.32 Å². The predicted octanol–water partition coefficient (Wildman–Crippen LogP) is -1.15. The van der Waals surface area contributed by atoms with E-state index in [0.29, 0.717) is 12.5 Å². The van der Waals surface area contributed by atoms with E-state index in [4.69, 9.17) is 10.5 Å². The second-order valence-electron chi connectivity index (χ2n) is 3.71. The van der Waals surface area contributed by atoms with Gasteiger partial charge < -0.3 is 20.9 Å². The minimum Gasteiger partial charge on any atom is -0.391 e. The second kappa shape index (κ2) is 5.29. The summed E-state index contributed by atoms with van der Waals surface area (Å²) in [5.74, 6) is 0.0977. The molecule has 0 aromatic carbocycles. The number of methoxy groups -OCH3 is 1. The van der Waals surface area contributed by atoms with E-state index < -0.39 is 12.1 Å². The van der Waals surface area contributed by atoms with Gasteiger partial charge in [-0.3, -0.25) is 4.79 Å². The number of rotatable bonds is 6. The molecule has 0 aromatic rings. The number of ether oxygens (including phenoxy) is 1. The van der Waals surface area contributed by atoms with E-state index in [2.05, 4.69) is 5.32 Å². The van der Waals surface area contributed by atoms with E-state index in [1.54, 1.807) is 0 Å². The molecule has 14 heavy (non-hydrogen) atoms. The van der Waals surface area contributed by atoms with Crippen molar-refractivity contribution >= 4 is 5.91 Å². The summed E-state index contributed by atoms with van der Waals surface area (Å²) >= 11 is 0. The smallest absolute Gasteiger partial charge is 0.239 e. The largest absolute Gasteiger partial charge is 0.391 e. The van der Waals surface area contributed by atoms with Crippen LogP contribution in [-0.2, 0) is 9.53 Å². The number of hydrogen-bond donors (Lipinski definition) is 3. The molecule has 1 aliphatic carbocycles. The zero-order valence-electron chi connectivity index (χ0n) is 8.40. The molecular formula is C9H18N2O3. The van der Waals surface area contributed by atoms with E-state index in [1.165, 1.54) is 7.11 Å². The fourth-order valence-electron chi connectivity index (χ4n) is 1.24. The summed E-state index contributed by atoms with van der Waals surface area (Å²) in [7, 11) is 1.49. The second-order valence-corrected chi connectivity index (χ2v) is 3.71. The molecule has 4 N–H and O–H groups in total. The Hall–Kier alpha value is -0.650. The quantitative estimate of drug-likeness (QED) is 0.507. The molecule has 0 radical (unpaired) electrons. The summed E-state index contributed by atoms with van der Waals surface area (Å²) in [6.45, 7) is 0.492. The number of nitrogens with one attached hydrogen (secondary N) is 1. The Morgan fingerprint density at radius 3 is 2.86 bits per heavy atom. The van der Waals surface area contributed by atoms with E-state index in [1.807, 2.05) is 0 Å². The first-order chi connectivity index (χ1) is 6.65. The third kappa shape index (κ3) is 3.61. The Kier molecular flexibility index (Phi) is 4.31. The summed E-state index contributed by atoms with van der Waals surface area (Å²) in [5, 5.41) is 12.1. The molecule has 1 amide bonds. The first kappa shape index (κ1) is 11.4. The van der Waals surface area contributed by atoms with Crippen molar-refractivity contribution in [2.45, 2.75) is 25.0 Å². The van der Waals surface area contributed by atoms with Gasteiger partial charge in [-0.05, 0) is 18.8 Å². The molecule has 1 aliphatic rings. The van der Waals surface area contributed by atoms with Crippen molar-refractivity contribution in [2.24, 2.45) is 11.7 Å². The van der Waals surface area contributed by atoms with Crippen LogP contribution in [0.3, 0.4) is 0 Å². The molecule has 0 aromatic heterocycles. The van der Waals surface area contributed by atoms with Crippen molar-refractivity contribution in [3.05, 3.63) is 0 Å². The van der Waals surface area contributed by atoms with Crippen molar-refractivity contribution in [1.29, 1.82) is 0 Å². The number of amides is 1. The maximum Gasteiger partial charge on any atom is 0.239 e. The first-order valence-electron chi connectivity index (χ1n) is 4.85. The normalized spacial score (nSPS) is 20.2. The van der Waals surface area contributed by atoms with Crippen LogP contribution >= 0.6 is 0 Å². The fraction of sp³-hybridized carbons (Fsp3) is 0.889. The van der Waals surface area contributed by atoms with Crippen LogP contribution in [0.15, 0.2) is 0 Å². The van der Waals surface area contributed by atoms with Gasteiger partial charge in [0.1, 0.15) is 6.04 Å². The summed E-state index contributed by atoms with van der Waals surface area (Å²) < 4.78 is 4.74. The van der Waals surface area contributed by atoms with Crippen LogP contribution in [0.1, 0.15) is 12.8 Å². The van der Waals surface area contributed by atoms with Gasteiger partial charge in [-0.1, -0.05) is 0 Å². The van der Waals surface area contributed by atoms with Gasteiger partial charge in [-0.15, -0.1) is 0 Å². The van der Waals surface area contributed by atoms with Gasteiger partial charge in [0.25, 0.3) is 0 Å². The van der Waals surface area contributed by atoms with Crippen LogP contribution in [-0.4, -0.2) is 43.4 Å². The zero-order chi connectivity index (χ0) is 10.6. The van der Waals surface area contributed by atoms with Crippen LogP contribution in [0.4, 0.5) is 0 Å². The maximum absolute atomic E-state index is 11.3. The molecule has 0 heterocycles. The molecule has 82 valence electrons. The number of aliphatic hydroxyl groups excluding tert-OH is 1. The summed E-state index contributed by atoms with van der Waals surface area (Å²) in [6.07, 6.45) is 1.69. The van der Waals surface area contributed by atoms with Crippen LogP contribution in [0.5, 0.6) is 0 Å². The number of carbonyl (C=O) groups is 1. The Morgan fingerprint density at radius 1 is 1.71 bits per heavy atom. The standard InChI is InChI=1S/C9H18N2O3/c1-14-5-7(10)9(13)11-4-8(12)6-2-3-6/h6-8,12H,2-5,10H2,1H3,(H,11,13). The monoisotopic (exact) mass is 202 g/mol. The average molecular weight is 202 g/mol. The lowest BCUT2D eigenvalue weighted by Crippen LogP contribution is -2.46.